The molecule has 0 spiro atoms. The van der Waals surface area contributed by atoms with E-state index in [1.165, 1.54) is 6.07 Å². The minimum absolute atomic E-state index is 0.0613. The Bertz CT molecular complexity index is 426. The first-order chi connectivity index (χ1) is 8.04. The monoisotopic (exact) mass is 269 g/mol. The molecule has 1 atom stereocenters. The predicted molar refractivity (Wildman–Crippen MR) is 77.5 cm³/mol. The van der Waals surface area contributed by atoms with E-state index >= 15 is 0 Å². The maximum absolute atomic E-state index is 13.1. The van der Waals surface area contributed by atoms with Gasteiger partial charge in [-0.25, -0.2) is 4.39 Å². The Hall–Kier alpha value is -0.873. The van der Waals surface area contributed by atoms with Gasteiger partial charge in [-0.3, -0.25) is 0 Å². The van der Waals surface area contributed by atoms with Crippen molar-refractivity contribution in [2.24, 2.45) is 0 Å². The molecule has 0 amide bonds. The standard InChI is InChI=1S/C14H24FNOSi/c1-10(17-18(5,6)14(2,3)4)11-7-8-12(15)13(16)9-11/h7-10H,16H2,1-6H3/t10-/m1/s1. The molecule has 18 heavy (non-hydrogen) atoms. The first-order valence-electron chi connectivity index (χ1n) is 6.27. The first-order valence-corrected chi connectivity index (χ1v) is 9.18. The maximum atomic E-state index is 13.1. The molecular weight excluding hydrogens is 245 g/mol. The van der Waals surface area contributed by atoms with E-state index in [2.05, 4.69) is 33.9 Å². The fourth-order valence-corrected chi connectivity index (χ4v) is 2.88. The van der Waals surface area contributed by atoms with Crippen LogP contribution in [0.4, 0.5) is 10.1 Å². The van der Waals surface area contributed by atoms with Crippen molar-refractivity contribution in [1.29, 1.82) is 0 Å². The van der Waals surface area contributed by atoms with Crippen molar-refractivity contribution in [1.82, 2.24) is 0 Å². The Morgan fingerprint density at radius 2 is 1.83 bits per heavy atom. The summed E-state index contributed by atoms with van der Waals surface area (Å²) in [6.45, 7) is 13.0. The molecule has 0 aromatic heterocycles. The van der Waals surface area contributed by atoms with Gasteiger partial charge in [-0.2, -0.15) is 0 Å². The Morgan fingerprint density at radius 1 is 1.28 bits per heavy atom. The van der Waals surface area contributed by atoms with Gasteiger partial charge in [0.25, 0.3) is 0 Å². The van der Waals surface area contributed by atoms with Crippen LogP contribution in [0, 0.1) is 5.82 Å². The smallest absolute Gasteiger partial charge is 0.192 e. The third-order valence-corrected chi connectivity index (χ3v) is 8.32. The zero-order valence-electron chi connectivity index (χ0n) is 12.2. The van der Waals surface area contributed by atoms with Crippen molar-refractivity contribution in [2.45, 2.75) is 51.9 Å². The lowest BCUT2D eigenvalue weighted by molar-refractivity contribution is 0.203. The van der Waals surface area contributed by atoms with Crippen molar-refractivity contribution in [3.63, 3.8) is 0 Å². The second-order valence-electron chi connectivity index (χ2n) is 6.30. The highest BCUT2D eigenvalue weighted by molar-refractivity contribution is 6.74. The van der Waals surface area contributed by atoms with E-state index in [4.69, 9.17) is 10.2 Å². The predicted octanol–water partition coefficient (Wildman–Crippen LogP) is 4.49. The molecule has 0 heterocycles. The highest BCUT2D eigenvalue weighted by atomic mass is 28.4. The molecule has 102 valence electrons. The van der Waals surface area contributed by atoms with E-state index in [1.807, 2.05) is 6.92 Å². The summed E-state index contributed by atoms with van der Waals surface area (Å²) in [7, 11) is -1.82. The molecule has 0 bridgehead atoms. The molecule has 1 aromatic rings. The summed E-state index contributed by atoms with van der Waals surface area (Å²) in [5.74, 6) is -0.377. The molecule has 0 fully saturated rings. The van der Waals surface area contributed by atoms with Crippen molar-refractivity contribution in [3.8, 4) is 0 Å². The van der Waals surface area contributed by atoms with Crippen LogP contribution >= 0.6 is 0 Å². The molecule has 0 unspecified atom stereocenters. The van der Waals surface area contributed by atoms with Gasteiger partial charge in [0.05, 0.1) is 11.8 Å². The van der Waals surface area contributed by atoms with Gasteiger partial charge in [0.15, 0.2) is 8.32 Å². The number of hydrogen-bond donors (Lipinski definition) is 1. The van der Waals surface area contributed by atoms with Crippen LogP contribution in [0.25, 0.3) is 0 Å². The number of anilines is 1. The zero-order valence-corrected chi connectivity index (χ0v) is 13.2. The van der Waals surface area contributed by atoms with Gasteiger partial charge >= 0.3 is 0 Å². The van der Waals surface area contributed by atoms with Gasteiger partial charge < -0.3 is 10.2 Å². The van der Waals surface area contributed by atoms with Crippen LogP contribution in [-0.4, -0.2) is 8.32 Å². The molecule has 2 N–H and O–H groups in total. The Balaban J connectivity index is 2.89. The molecule has 0 aliphatic rings. The van der Waals surface area contributed by atoms with Gasteiger partial charge in [0, 0.05) is 0 Å². The lowest BCUT2D eigenvalue weighted by Crippen LogP contribution is -2.41. The minimum atomic E-state index is -1.82. The molecule has 2 nitrogen and oxygen atoms in total. The molecule has 0 radical (unpaired) electrons. The van der Waals surface area contributed by atoms with E-state index in [0.717, 1.165) is 5.56 Å². The molecule has 1 aromatic carbocycles. The summed E-state index contributed by atoms with van der Waals surface area (Å²) in [5, 5.41) is 0.160. The van der Waals surface area contributed by atoms with Crippen molar-refractivity contribution >= 4 is 14.0 Å². The topological polar surface area (TPSA) is 35.2 Å². The number of halogens is 1. The SMILES string of the molecule is C[C@@H](O[Si](C)(C)C(C)(C)C)c1ccc(F)c(N)c1. The highest BCUT2D eigenvalue weighted by Crippen LogP contribution is 2.39. The average Bonchev–Trinajstić information content (AvgIpc) is 2.19. The lowest BCUT2D eigenvalue weighted by atomic mass is 10.1. The van der Waals surface area contributed by atoms with Crippen LogP contribution in [0.15, 0.2) is 18.2 Å². The van der Waals surface area contributed by atoms with Gasteiger partial charge in [0.1, 0.15) is 5.82 Å². The average molecular weight is 269 g/mol. The molecule has 0 aliphatic heterocycles. The molecule has 1 rings (SSSR count). The highest BCUT2D eigenvalue weighted by Gasteiger charge is 2.38. The quantitative estimate of drug-likeness (QED) is 0.648. The molecule has 0 aliphatic carbocycles. The van der Waals surface area contributed by atoms with Crippen LogP contribution in [0.2, 0.25) is 18.1 Å². The van der Waals surface area contributed by atoms with Crippen LogP contribution in [-0.2, 0) is 4.43 Å². The van der Waals surface area contributed by atoms with Crippen molar-refractivity contribution in [2.75, 3.05) is 5.73 Å². The third kappa shape index (κ3) is 3.33. The molecule has 0 saturated carbocycles. The van der Waals surface area contributed by atoms with E-state index in [1.54, 1.807) is 12.1 Å². The number of rotatable bonds is 3. The second-order valence-corrected chi connectivity index (χ2v) is 11.1. The van der Waals surface area contributed by atoms with Gasteiger partial charge in [-0.15, -0.1) is 0 Å². The summed E-state index contributed by atoms with van der Waals surface area (Å²) in [4.78, 5) is 0. The maximum Gasteiger partial charge on any atom is 0.192 e. The van der Waals surface area contributed by atoms with Gasteiger partial charge in [0.2, 0.25) is 0 Å². The minimum Gasteiger partial charge on any atom is -0.410 e. The number of benzene rings is 1. The summed E-state index contributed by atoms with van der Waals surface area (Å²) in [5.41, 5.74) is 6.70. The van der Waals surface area contributed by atoms with Crippen molar-refractivity contribution in [3.05, 3.63) is 29.6 Å². The van der Waals surface area contributed by atoms with Crippen LogP contribution in [0.5, 0.6) is 0 Å². The Morgan fingerprint density at radius 3 is 2.28 bits per heavy atom. The van der Waals surface area contributed by atoms with E-state index in [9.17, 15) is 4.39 Å². The van der Waals surface area contributed by atoms with E-state index in [0.29, 0.717) is 0 Å². The summed E-state index contributed by atoms with van der Waals surface area (Å²) < 4.78 is 19.4. The number of nitrogens with two attached hydrogens (primary N) is 1. The number of hydrogen-bond acceptors (Lipinski definition) is 2. The van der Waals surface area contributed by atoms with Crippen molar-refractivity contribution < 1.29 is 8.82 Å². The van der Waals surface area contributed by atoms with Crippen LogP contribution in [0.3, 0.4) is 0 Å². The summed E-state index contributed by atoms with van der Waals surface area (Å²) in [6, 6.07) is 4.80. The summed E-state index contributed by atoms with van der Waals surface area (Å²) in [6.07, 6.45) is -0.0613. The molecular formula is C14H24FNOSi. The van der Waals surface area contributed by atoms with E-state index < -0.39 is 8.32 Å². The molecule has 4 heteroatoms. The van der Waals surface area contributed by atoms with Crippen LogP contribution in [0.1, 0.15) is 39.4 Å². The third-order valence-electron chi connectivity index (χ3n) is 3.77. The Kier molecular flexibility index (Phi) is 4.23. The van der Waals surface area contributed by atoms with Gasteiger partial charge in [-0.1, -0.05) is 26.8 Å². The van der Waals surface area contributed by atoms with Crippen LogP contribution < -0.4 is 5.73 Å². The van der Waals surface area contributed by atoms with Gasteiger partial charge in [-0.05, 0) is 42.8 Å². The first kappa shape index (κ1) is 15.2. The lowest BCUT2D eigenvalue weighted by Gasteiger charge is -2.38. The van der Waals surface area contributed by atoms with E-state index in [-0.39, 0.29) is 22.6 Å². The zero-order chi connectivity index (χ0) is 14.1. The number of nitrogen functional groups attached to an aromatic ring is 1. The fraction of sp³-hybridized carbons (Fsp3) is 0.571. The fourth-order valence-electron chi connectivity index (χ4n) is 1.50. The normalized spacial score (nSPS) is 14.6. The Labute approximate surface area is 110 Å². The summed E-state index contributed by atoms with van der Waals surface area (Å²) >= 11 is 0. The molecule has 0 saturated heterocycles. The second kappa shape index (κ2) is 5.01. The largest absolute Gasteiger partial charge is 0.410 e.